The summed E-state index contributed by atoms with van der Waals surface area (Å²) in [6.45, 7) is 15.2. The third-order valence-corrected chi connectivity index (χ3v) is 11.6. The van der Waals surface area contributed by atoms with Crippen molar-refractivity contribution in [3.63, 3.8) is 0 Å². The lowest BCUT2D eigenvalue weighted by molar-refractivity contribution is -0.148. The number of aryl methyl sites for hydroxylation is 1. The Morgan fingerprint density at radius 3 is 1.89 bits per heavy atom. The van der Waals surface area contributed by atoms with Crippen LogP contribution in [0.5, 0.6) is 11.5 Å². The fourth-order valence-corrected chi connectivity index (χ4v) is 7.27. The van der Waals surface area contributed by atoms with Gasteiger partial charge in [0.1, 0.15) is 6.04 Å². The van der Waals surface area contributed by atoms with Gasteiger partial charge in [0, 0.05) is 91.5 Å². The van der Waals surface area contributed by atoms with Crippen LogP contribution in [0, 0.1) is 11.8 Å². The molecule has 352 valence electrons. The highest BCUT2D eigenvalue weighted by Gasteiger charge is 2.43. The summed E-state index contributed by atoms with van der Waals surface area (Å²) >= 11 is 0. The summed E-state index contributed by atoms with van der Waals surface area (Å²) in [5.41, 5.74) is 2.58. The fraction of sp³-hybridized carbons (Fsp3) is 0.644. The molecule has 18 heteroatoms. The number of nitrogens with zero attached hydrogens (tertiary/aromatic N) is 5. The first-order valence-corrected chi connectivity index (χ1v) is 22.1. The van der Waals surface area contributed by atoms with E-state index in [1.54, 1.807) is 58.1 Å². The van der Waals surface area contributed by atoms with Crippen LogP contribution in [0.2, 0.25) is 0 Å². The Balaban J connectivity index is 1.57. The van der Waals surface area contributed by atoms with E-state index in [-0.39, 0.29) is 25.0 Å². The fourth-order valence-electron chi connectivity index (χ4n) is 7.27. The highest BCUT2D eigenvalue weighted by Crippen LogP contribution is 2.28. The number of rotatable bonds is 23. The van der Waals surface area contributed by atoms with E-state index in [9.17, 15) is 24.3 Å². The molecule has 2 aliphatic heterocycles. The first kappa shape index (κ1) is 50.9. The number of hydrogen-bond acceptors (Lipinski definition) is 12. The van der Waals surface area contributed by atoms with Crippen LogP contribution in [-0.2, 0) is 32.0 Å². The lowest BCUT2D eigenvalue weighted by atomic mass is 9.97. The monoisotopic (exact) mass is 884 g/mol. The molecular weight excluding hydrogens is 811 g/mol. The Hall–Kier alpha value is -4.72. The highest BCUT2D eigenvalue weighted by molar-refractivity contribution is 5.90. The van der Waals surface area contributed by atoms with Gasteiger partial charge >= 0.3 is 12.1 Å². The molecule has 0 unspecified atom stereocenters. The van der Waals surface area contributed by atoms with Crippen molar-refractivity contribution < 1.29 is 43.2 Å². The molecule has 0 bridgehead atoms. The van der Waals surface area contributed by atoms with Crippen molar-refractivity contribution in [2.45, 2.75) is 64.9 Å². The van der Waals surface area contributed by atoms with Crippen LogP contribution in [-0.4, -0.2) is 185 Å². The van der Waals surface area contributed by atoms with Gasteiger partial charge < -0.3 is 49.8 Å². The van der Waals surface area contributed by atoms with E-state index >= 15 is 0 Å². The van der Waals surface area contributed by atoms with Crippen LogP contribution in [0.1, 0.15) is 45.2 Å². The van der Waals surface area contributed by atoms with Crippen molar-refractivity contribution in [2.75, 3.05) is 114 Å². The maximum absolute atomic E-state index is 14.3. The number of hydrogen-bond donors (Lipinski definition) is 5. The Labute approximate surface area is 373 Å². The van der Waals surface area contributed by atoms with Crippen molar-refractivity contribution in [2.24, 2.45) is 11.8 Å². The standard InChI is InChI=1S/C45H73N9O9/c1-33(2)40(47-43(57)50(5)18-20-52-22-26-62-27-23-52)41(55)49-54(31-36-15-17-38(60-7)39(30-36)61-8)32-37(16-14-35-12-10-9-11-13-35)46-42(56)45(59,34(3)4)48-44(58)51(6)19-21-53-24-28-63-29-25-53/h9-13,15,17,30,33-34,37,40,59H,14,16,18-29,31-32H2,1-8H3,(H,46,56)(H,47,57)(H,48,58)(H,49,55)/t37-,40-,45+/m0/s1. The number of benzene rings is 2. The van der Waals surface area contributed by atoms with Crippen molar-refractivity contribution in [3.8, 4) is 11.5 Å². The van der Waals surface area contributed by atoms with Gasteiger partial charge in [-0.1, -0.05) is 64.1 Å². The van der Waals surface area contributed by atoms with Gasteiger partial charge in [-0.2, -0.15) is 0 Å². The van der Waals surface area contributed by atoms with Crippen LogP contribution in [0.3, 0.4) is 0 Å². The van der Waals surface area contributed by atoms with Gasteiger partial charge in [0.05, 0.1) is 40.6 Å². The predicted octanol–water partition coefficient (Wildman–Crippen LogP) is 1.97. The molecule has 0 aromatic heterocycles. The highest BCUT2D eigenvalue weighted by atomic mass is 16.5. The topological polar surface area (TPSA) is 190 Å². The van der Waals surface area contributed by atoms with E-state index in [2.05, 4.69) is 31.2 Å². The summed E-state index contributed by atoms with van der Waals surface area (Å²) < 4.78 is 21.9. The van der Waals surface area contributed by atoms with Gasteiger partial charge in [-0.05, 0) is 42.0 Å². The molecule has 5 N–H and O–H groups in total. The molecule has 2 aliphatic rings. The van der Waals surface area contributed by atoms with E-state index in [4.69, 9.17) is 18.9 Å². The number of likely N-dealkylation sites (N-methyl/N-ethyl adjacent to an activating group) is 2. The second kappa shape index (κ2) is 25.5. The molecule has 63 heavy (non-hydrogen) atoms. The molecular formula is C45H73N9O9. The number of morpholine rings is 2. The normalized spacial score (nSPS) is 16.8. The number of aliphatic hydroxyl groups is 1. The predicted molar refractivity (Wildman–Crippen MR) is 240 cm³/mol. The summed E-state index contributed by atoms with van der Waals surface area (Å²) in [4.78, 5) is 63.1. The molecule has 3 atom stereocenters. The zero-order chi connectivity index (χ0) is 45.9. The first-order valence-electron chi connectivity index (χ1n) is 22.1. The van der Waals surface area contributed by atoms with E-state index in [0.717, 1.165) is 37.3 Å². The number of nitrogens with one attached hydrogen (secondary N) is 4. The number of methoxy groups -OCH3 is 2. The molecule has 2 saturated heterocycles. The molecule has 18 nitrogen and oxygen atoms in total. The molecule has 0 aliphatic carbocycles. The number of carbonyl (C=O) groups is 4. The van der Waals surface area contributed by atoms with Crippen LogP contribution in [0.25, 0.3) is 0 Å². The molecule has 0 saturated carbocycles. The number of urea groups is 2. The van der Waals surface area contributed by atoms with Gasteiger partial charge in [-0.3, -0.25) is 24.8 Å². The quantitative estimate of drug-likeness (QED) is 0.0808. The maximum Gasteiger partial charge on any atom is 0.319 e. The van der Waals surface area contributed by atoms with Gasteiger partial charge in [-0.15, -0.1) is 0 Å². The Morgan fingerprint density at radius 2 is 1.35 bits per heavy atom. The van der Waals surface area contributed by atoms with Crippen LogP contribution in [0.4, 0.5) is 9.59 Å². The SMILES string of the molecule is COc1ccc(CN(C[C@H](CCc2ccccc2)NC(=O)[C@@](O)(NC(=O)N(C)CCN2CCOCC2)C(C)C)NC(=O)[C@@H](NC(=O)N(C)CCN2CCOCC2)C(C)C)cc1OC. The van der Waals surface area contributed by atoms with Crippen LogP contribution >= 0.6 is 0 Å². The van der Waals surface area contributed by atoms with E-state index < -0.39 is 41.6 Å². The maximum atomic E-state index is 14.3. The third-order valence-electron chi connectivity index (χ3n) is 11.6. The molecule has 2 heterocycles. The molecule has 2 fully saturated rings. The number of carbonyl (C=O) groups excluding carboxylic acids is 4. The molecule has 0 spiro atoms. The zero-order valence-electron chi connectivity index (χ0n) is 38.7. The van der Waals surface area contributed by atoms with Crippen molar-refractivity contribution >= 4 is 23.9 Å². The average Bonchev–Trinajstić information content (AvgIpc) is 3.28. The van der Waals surface area contributed by atoms with E-state index in [1.165, 1.54) is 4.90 Å². The molecule has 4 rings (SSSR count). The van der Waals surface area contributed by atoms with Gasteiger partial charge in [0.25, 0.3) is 11.8 Å². The molecule has 2 aromatic carbocycles. The molecule has 2 aromatic rings. The second-order valence-corrected chi connectivity index (χ2v) is 17.0. The van der Waals surface area contributed by atoms with Crippen LogP contribution < -0.4 is 30.8 Å². The Morgan fingerprint density at radius 1 is 0.778 bits per heavy atom. The Bertz CT molecular complexity index is 1730. The van der Waals surface area contributed by atoms with Crippen molar-refractivity contribution in [1.29, 1.82) is 0 Å². The van der Waals surface area contributed by atoms with Crippen LogP contribution in [0.15, 0.2) is 48.5 Å². The minimum atomic E-state index is -2.27. The third kappa shape index (κ3) is 16.1. The molecule has 6 amide bonds. The summed E-state index contributed by atoms with van der Waals surface area (Å²) in [6, 6.07) is 12.7. The summed E-state index contributed by atoms with van der Waals surface area (Å²) in [5, 5.41) is 22.2. The molecule has 0 radical (unpaired) electrons. The minimum absolute atomic E-state index is 0.0818. The van der Waals surface area contributed by atoms with Gasteiger partial charge in [-0.25, -0.2) is 14.6 Å². The largest absolute Gasteiger partial charge is 0.493 e. The van der Waals surface area contributed by atoms with E-state index in [1.807, 2.05) is 56.3 Å². The zero-order valence-corrected chi connectivity index (χ0v) is 38.7. The lowest BCUT2D eigenvalue weighted by Crippen LogP contribution is -2.66. The Kier molecular flexibility index (Phi) is 20.6. The summed E-state index contributed by atoms with van der Waals surface area (Å²) in [7, 11) is 6.43. The van der Waals surface area contributed by atoms with Crippen molar-refractivity contribution in [3.05, 3.63) is 59.7 Å². The number of hydrazine groups is 1. The summed E-state index contributed by atoms with van der Waals surface area (Å²) in [6.07, 6.45) is 0.968. The first-order chi connectivity index (χ1) is 30.1. The van der Waals surface area contributed by atoms with Gasteiger partial charge in [0.2, 0.25) is 5.72 Å². The smallest absolute Gasteiger partial charge is 0.319 e. The summed E-state index contributed by atoms with van der Waals surface area (Å²) in [5.74, 6) is -1.19. The van der Waals surface area contributed by atoms with E-state index in [0.29, 0.717) is 76.9 Å². The van der Waals surface area contributed by atoms with Crippen molar-refractivity contribution in [1.82, 2.24) is 46.0 Å². The minimum Gasteiger partial charge on any atom is -0.493 e. The number of ether oxygens (including phenoxy) is 4. The number of amides is 6. The lowest BCUT2D eigenvalue weighted by Gasteiger charge is -2.36. The average molecular weight is 884 g/mol. The second-order valence-electron chi connectivity index (χ2n) is 17.0. The van der Waals surface area contributed by atoms with Gasteiger partial charge in [0.15, 0.2) is 11.5 Å².